The third-order valence-corrected chi connectivity index (χ3v) is 1.32. The second-order valence-corrected chi connectivity index (χ2v) is 2.68. The summed E-state index contributed by atoms with van der Waals surface area (Å²) >= 11 is 0. The molecule has 1 unspecified atom stereocenters. The fraction of sp³-hybridized carbons (Fsp3) is 0.500. The summed E-state index contributed by atoms with van der Waals surface area (Å²) in [7, 11) is 0. The molecule has 2 N–H and O–H groups in total. The molecule has 12 heavy (non-hydrogen) atoms. The normalized spacial score (nSPS) is 13.1. The van der Waals surface area contributed by atoms with Crippen LogP contribution in [0.15, 0.2) is 12.2 Å². The lowest BCUT2D eigenvalue weighted by Gasteiger charge is -2.02. The van der Waals surface area contributed by atoms with Gasteiger partial charge in [-0.15, -0.1) is 0 Å². The molecule has 0 aromatic rings. The van der Waals surface area contributed by atoms with E-state index in [-0.39, 0.29) is 12.3 Å². The zero-order valence-corrected chi connectivity index (χ0v) is 6.86. The van der Waals surface area contributed by atoms with E-state index in [1.807, 2.05) is 0 Å². The molecule has 0 aliphatic rings. The Bertz CT molecular complexity index is 195. The summed E-state index contributed by atoms with van der Waals surface area (Å²) in [6, 6.07) is 0. The molecular formula is C8H12O4. The summed E-state index contributed by atoms with van der Waals surface area (Å²) in [6.45, 7) is 1.76. The van der Waals surface area contributed by atoms with Crippen molar-refractivity contribution in [2.45, 2.75) is 19.8 Å². The fourth-order valence-electron chi connectivity index (χ4n) is 0.783. The molecule has 0 rings (SSSR count). The van der Waals surface area contributed by atoms with Crippen LogP contribution in [-0.4, -0.2) is 22.2 Å². The summed E-state index contributed by atoms with van der Waals surface area (Å²) in [4.78, 5) is 20.2. The quantitative estimate of drug-likeness (QED) is 0.609. The molecule has 0 spiro atoms. The van der Waals surface area contributed by atoms with Gasteiger partial charge >= 0.3 is 11.9 Å². The minimum absolute atomic E-state index is 0.0156. The molecule has 1 atom stereocenters. The van der Waals surface area contributed by atoms with Crippen LogP contribution in [0.4, 0.5) is 0 Å². The van der Waals surface area contributed by atoms with Gasteiger partial charge < -0.3 is 10.2 Å². The van der Waals surface area contributed by atoms with Crippen molar-refractivity contribution in [3.05, 3.63) is 12.2 Å². The molecule has 0 saturated carbocycles. The van der Waals surface area contributed by atoms with Gasteiger partial charge in [-0.2, -0.15) is 0 Å². The highest BCUT2D eigenvalue weighted by Crippen LogP contribution is 2.07. The van der Waals surface area contributed by atoms with Crippen LogP contribution in [0.5, 0.6) is 0 Å². The van der Waals surface area contributed by atoms with E-state index in [0.717, 1.165) is 6.08 Å². The van der Waals surface area contributed by atoms with Gasteiger partial charge in [0.15, 0.2) is 0 Å². The van der Waals surface area contributed by atoms with E-state index in [1.165, 1.54) is 6.08 Å². The summed E-state index contributed by atoms with van der Waals surface area (Å²) in [5.74, 6) is -1.87. The van der Waals surface area contributed by atoms with Gasteiger partial charge in [-0.1, -0.05) is 13.0 Å². The Morgan fingerprint density at radius 2 is 2.00 bits per heavy atom. The predicted molar refractivity (Wildman–Crippen MR) is 42.8 cm³/mol. The lowest BCUT2D eigenvalue weighted by atomic mass is 10.0. The minimum atomic E-state index is -1.00. The number of allylic oxidation sites excluding steroid dienone is 1. The van der Waals surface area contributed by atoms with Gasteiger partial charge in [0.2, 0.25) is 0 Å². The minimum Gasteiger partial charge on any atom is -0.481 e. The van der Waals surface area contributed by atoms with E-state index in [1.54, 1.807) is 6.92 Å². The van der Waals surface area contributed by atoms with Crippen LogP contribution in [0.1, 0.15) is 19.8 Å². The topological polar surface area (TPSA) is 74.6 Å². The molecule has 0 aromatic carbocycles. The average Bonchev–Trinajstić information content (AvgIpc) is 1.84. The van der Waals surface area contributed by atoms with E-state index >= 15 is 0 Å². The summed E-state index contributed by atoms with van der Waals surface area (Å²) in [6.07, 6.45) is 3.05. The Balaban J connectivity index is 3.63. The monoisotopic (exact) mass is 172 g/mol. The summed E-state index contributed by atoms with van der Waals surface area (Å²) in [5.41, 5.74) is 0. The maximum absolute atomic E-state index is 10.2. The first-order chi connectivity index (χ1) is 5.52. The third kappa shape index (κ3) is 6.80. The standard InChI is InChI=1S/C8H12O4/c1-6(5-8(11)12)3-2-4-7(9)10/h2,4,6H,3,5H2,1H3,(H,9,10)(H,11,12)/b4-2+. The van der Waals surface area contributed by atoms with Crippen LogP contribution < -0.4 is 0 Å². The van der Waals surface area contributed by atoms with Crippen LogP contribution in [0.25, 0.3) is 0 Å². The number of hydrogen-bond acceptors (Lipinski definition) is 2. The molecule has 0 amide bonds. The maximum Gasteiger partial charge on any atom is 0.327 e. The van der Waals surface area contributed by atoms with Crippen LogP contribution in [0.3, 0.4) is 0 Å². The van der Waals surface area contributed by atoms with Crippen molar-refractivity contribution >= 4 is 11.9 Å². The smallest absolute Gasteiger partial charge is 0.327 e. The number of rotatable bonds is 5. The number of carboxylic acids is 2. The van der Waals surface area contributed by atoms with Gasteiger partial charge in [0, 0.05) is 12.5 Å². The molecule has 0 bridgehead atoms. The van der Waals surface area contributed by atoms with Crippen molar-refractivity contribution < 1.29 is 19.8 Å². The Morgan fingerprint density at radius 3 is 2.42 bits per heavy atom. The molecule has 0 aromatic heterocycles. The van der Waals surface area contributed by atoms with Gasteiger partial charge in [0.25, 0.3) is 0 Å². The van der Waals surface area contributed by atoms with E-state index in [2.05, 4.69) is 0 Å². The van der Waals surface area contributed by atoms with Gasteiger partial charge in [0.1, 0.15) is 0 Å². The SMILES string of the molecule is CC(C/C=C/C(=O)O)CC(=O)O. The highest BCUT2D eigenvalue weighted by atomic mass is 16.4. The zero-order chi connectivity index (χ0) is 9.56. The van der Waals surface area contributed by atoms with Gasteiger partial charge in [-0.25, -0.2) is 4.79 Å². The molecule has 0 fully saturated rings. The highest BCUT2D eigenvalue weighted by molar-refractivity contribution is 5.79. The molecule has 4 nitrogen and oxygen atoms in total. The molecular weight excluding hydrogens is 160 g/mol. The summed E-state index contributed by atoms with van der Waals surface area (Å²) < 4.78 is 0. The van der Waals surface area contributed by atoms with E-state index in [4.69, 9.17) is 10.2 Å². The van der Waals surface area contributed by atoms with Crippen molar-refractivity contribution in [1.82, 2.24) is 0 Å². The van der Waals surface area contributed by atoms with Crippen molar-refractivity contribution in [3.63, 3.8) is 0 Å². The Hall–Kier alpha value is -1.32. The third-order valence-electron chi connectivity index (χ3n) is 1.32. The molecule has 0 aliphatic heterocycles. The molecule has 0 heterocycles. The zero-order valence-electron chi connectivity index (χ0n) is 6.86. The number of aliphatic carboxylic acids is 2. The summed E-state index contributed by atoms with van der Waals surface area (Å²) in [5, 5.41) is 16.6. The number of carbonyl (C=O) groups is 2. The van der Waals surface area contributed by atoms with Crippen LogP contribution in [-0.2, 0) is 9.59 Å². The number of carboxylic acid groups (broad SMARTS) is 2. The van der Waals surface area contributed by atoms with Crippen LogP contribution in [0, 0.1) is 5.92 Å². The second kappa shape index (κ2) is 5.35. The molecule has 0 saturated heterocycles. The lowest BCUT2D eigenvalue weighted by molar-refractivity contribution is -0.138. The number of hydrogen-bond donors (Lipinski definition) is 2. The van der Waals surface area contributed by atoms with Crippen molar-refractivity contribution in [3.8, 4) is 0 Å². The van der Waals surface area contributed by atoms with E-state index < -0.39 is 11.9 Å². The Labute approximate surface area is 70.5 Å². The van der Waals surface area contributed by atoms with Crippen LogP contribution >= 0.6 is 0 Å². The van der Waals surface area contributed by atoms with Crippen molar-refractivity contribution in [1.29, 1.82) is 0 Å². The predicted octanol–water partition coefficient (Wildman–Crippen LogP) is 1.13. The lowest BCUT2D eigenvalue weighted by Crippen LogP contribution is -2.03. The fourth-order valence-corrected chi connectivity index (χ4v) is 0.783. The first-order valence-electron chi connectivity index (χ1n) is 3.63. The van der Waals surface area contributed by atoms with Gasteiger partial charge in [-0.05, 0) is 12.3 Å². The highest BCUT2D eigenvalue weighted by Gasteiger charge is 2.04. The molecule has 68 valence electrons. The molecule has 0 aliphatic carbocycles. The second-order valence-electron chi connectivity index (χ2n) is 2.68. The average molecular weight is 172 g/mol. The first-order valence-corrected chi connectivity index (χ1v) is 3.63. The largest absolute Gasteiger partial charge is 0.481 e. The van der Waals surface area contributed by atoms with Crippen molar-refractivity contribution in [2.75, 3.05) is 0 Å². The Morgan fingerprint density at radius 1 is 1.42 bits per heavy atom. The molecule has 4 heteroatoms. The van der Waals surface area contributed by atoms with Crippen molar-refractivity contribution in [2.24, 2.45) is 5.92 Å². The van der Waals surface area contributed by atoms with E-state index in [0.29, 0.717) is 6.42 Å². The van der Waals surface area contributed by atoms with Gasteiger partial charge in [-0.3, -0.25) is 4.79 Å². The van der Waals surface area contributed by atoms with Gasteiger partial charge in [0.05, 0.1) is 0 Å². The van der Waals surface area contributed by atoms with E-state index in [9.17, 15) is 9.59 Å². The first kappa shape index (κ1) is 10.7. The maximum atomic E-state index is 10.2. The Kier molecular flexibility index (Phi) is 4.76. The van der Waals surface area contributed by atoms with Crippen LogP contribution in [0.2, 0.25) is 0 Å². The molecule has 0 radical (unpaired) electrons.